The molecule has 7 heteroatoms. The minimum Gasteiger partial charge on any atom is -0.493 e. The lowest BCUT2D eigenvalue weighted by Gasteiger charge is -2.37. The average Bonchev–Trinajstić information content (AvgIpc) is 2.75. The van der Waals surface area contributed by atoms with E-state index in [0.29, 0.717) is 37.2 Å². The van der Waals surface area contributed by atoms with Crippen molar-refractivity contribution in [1.82, 2.24) is 15.1 Å². The first kappa shape index (κ1) is 21.4. The molecule has 160 valence electrons. The van der Waals surface area contributed by atoms with E-state index in [2.05, 4.69) is 10.2 Å². The number of ether oxygens (including phenoxy) is 2. The van der Waals surface area contributed by atoms with E-state index in [1.165, 1.54) is 19.3 Å². The Morgan fingerprint density at radius 3 is 2.66 bits per heavy atom. The summed E-state index contributed by atoms with van der Waals surface area (Å²) in [6.45, 7) is 1.80. The molecule has 7 nitrogen and oxygen atoms in total. The van der Waals surface area contributed by atoms with Crippen LogP contribution < -0.4 is 14.8 Å². The van der Waals surface area contributed by atoms with E-state index in [-0.39, 0.29) is 18.2 Å². The highest BCUT2D eigenvalue weighted by molar-refractivity contribution is 5.88. The number of hydrogen-bond acceptors (Lipinski definition) is 5. The van der Waals surface area contributed by atoms with Gasteiger partial charge in [0.05, 0.1) is 26.7 Å². The van der Waals surface area contributed by atoms with Crippen molar-refractivity contribution >= 4 is 11.8 Å². The van der Waals surface area contributed by atoms with Gasteiger partial charge >= 0.3 is 0 Å². The zero-order valence-corrected chi connectivity index (χ0v) is 17.8. The molecule has 1 atom stereocenters. The highest BCUT2D eigenvalue weighted by Gasteiger charge is 2.34. The fourth-order valence-corrected chi connectivity index (χ4v) is 4.45. The molecule has 1 aliphatic heterocycles. The summed E-state index contributed by atoms with van der Waals surface area (Å²) in [6.07, 6.45) is 5.92. The van der Waals surface area contributed by atoms with Crippen LogP contribution in [-0.4, -0.2) is 68.1 Å². The average molecular weight is 404 g/mol. The van der Waals surface area contributed by atoms with Gasteiger partial charge < -0.3 is 19.7 Å². The highest BCUT2D eigenvalue weighted by Crippen LogP contribution is 2.32. The third-order valence-corrected chi connectivity index (χ3v) is 6.18. The van der Waals surface area contributed by atoms with E-state index in [0.717, 1.165) is 18.4 Å². The monoisotopic (exact) mass is 403 g/mol. The molecular formula is C22H33N3O4. The van der Waals surface area contributed by atoms with Crippen LogP contribution in [0.15, 0.2) is 18.2 Å². The molecule has 3 rings (SSSR count). The van der Waals surface area contributed by atoms with Crippen molar-refractivity contribution < 1.29 is 19.1 Å². The molecular weight excluding hydrogens is 370 g/mol. The second kappa shape index (κ2) is 9.96. The molecule has 0 radical (unpaired) electrons. The number of piperazine rings is 1. The Labute approximate surface area is 173 Å². The van der Waals surface area contributed by atoms with Gasteiger partial charge in [0.25, 0.3) is 0 Å². The van der Waals surface area contributed by atoms with E-state index in [1.807, 2.05) is 30.1 Å². The topological polar surface area (TPSA) is 71.1 Å². The zero-order valence-electron chi connectivity index (χ0n) is 17.8. The lowest BCUT2D eigenvalue weighted by Crippen LogP contribution is -2.56. The third-order valence-electron chi connectivity index (χ3n) is 6.18. The van der Waals surface area contributed by atoms with E-state index in [9.17, 15) is 9.59 Å². The van der Waals surface area contributed by atoms with Crippen LogP contribution in [-0.2, 0) is 16.1 Å². The van der Waals surface area contributed by atoms with Crippen molar-refractivity contribution in [2.75, 3.05) is 34.4 Å². The molecule has 1 heterocycles. The van der Waals surface area contributed by atoms with Crippen LogP contribution in [0.25, 0.3) is 0 Å². The standard InChI is InChI=1S/C22H33N3O4/c1-24(17-9-5-4-6-10-17)20(26)14-18-22(27)23-12-13-25(18)15-16-8-7-11-19(28-2)21(16)29-3/h7-8,11,17-18H,4-6,9-10,12-15H2,1-3H3,(H,23,27)/t18-/m1/s1. The second-order valence-electron chi connectivity index (χ2n) is 7.93. The molecule has 29 heavy (non-hydrogen) atoms. The Morgan fingerprint density at radius 2 is 1.97 bits per heavy atom. The van der Waals surface area contributed by atoms with Crippen LogP contribution in [0.3, 0.4) is 0 Å². The molecule has 0 unspecified atom stereocenters. The highest BCUT2D eigenvalue weighted by atomic mass is 16.5. The minimum atomic E-state index is -0.474. The van der Waals surface area contributed by atoms with Gasteiger partial charge in [0.2, 0.25) is 11.8 Å². The molecule has 1 aromatic rings. The number of rotatable bonds is 7. The maximum absolute atomic E-state index is 13.0. The summed E-state index contributed by atoms with van der Waals surface area (Å²) >= 11 is 0. The Hall–Kier alpha value is -2.28. The first-order chi connectivity index (χ1) is 14.0. The van der Waals surface area contributed by atoms with Crippen LogP contribution >= 0.6 is 0 Å². The van der Waals surface area contributed by atoms with Crippen molar-refractivity contribution in [3.63, 3.8) is 0 Å². The second-order valence-corrected chi connectivity index (χ2v) is 7.93. The van der Waals surface area contributed by atoms with Gasteiger partial charge in [-0.05, 0) is 18.9 Å². The van der Waals surface area contributed by atoms with Gasteiger partial charge in [-0.25, -0.2) is 0 Å². The molecule has 2 fully saturated rings. The van der Waals surface area contributed by atoms with E-state index in [4.69, 9.17) is 9.47 Å². The number of methoxy groups -OCH3 is 2. The molecule has 1 saturated carbocycles. The van der Waals surface area contributed by atoms with Crippen LogP contribution in [0.4, 0.5) is 0 Å². The first-order valence-electron chi connectivity index (χ1n) is 10.5. The summed E-state index contributed by atoms with van der Waals surface area (Å²) in [5.41, 5.74) is 0.944. The number of nitrogens with zero attached hydrogens (tertiary/aromatic N) is 2. The minimum absolute atomic E-state index is 0.0431. The molecule has 1 aliphatic carbocycles. The zero-order chi connectivity index (χ0) is 20.8. The van der Waals surface area contributed by atoms with Crippen molar-refractivity contribution in [3.05, 3.63) is 23.8 Å². The Bertz CT molecular complexity index is 718. The number of hydrogen-bond donors (Lipinski definition) is 1. The van der Waals surface area contributed by atoms with Crippen LogP contribution in [0, 0.1) is 0 Å². The number of carbonyl (C=O) groups excluding carboxylic acids is 2. The summed E-state index contributed by atoms with van der Waals surface area (Å²) in [6, 6.07) is 5.57. The van der Waals surface area contributed by atoms with E-state index in [1.54, 1.807) is 14.2 Å². The first-order valence-corrected chi connectivity index (χ1v) is 10.5. The lowest BCUT2D eigenvalue weighted by molar-refractivity contribution is -0.140. The molecule has 2 amide bonds. The molecule has 0 spiro atoms. The maximum Gasteiger partial charge on any atom is 0.237 e. The van der Waals surface area contributed by atoms with Crippen molar-refractivity contribution in [2.24, 2.45) is 0 Å². The molecule has 2 aliphatic rings. The predicted molar refractivity (Wildman–Crippen MR) is 111 cm³/mol. The normalized spacial score (nSPS) is 20.8. The number of benzene rings is 1. The van der Waals surface area contributed by atoms with E-state index < -0.39 is 6.04 Å². The van der Waals surface area contributed by atoms with Gasteiger partial charge in [-0.2, -0.15) is 0 Å². The van der Waals surface area contributed by atoms with Gasteiger partial charge in [0.1, 0.15) is 0 Å². The van der Waals surface area contributed by atoms with Crippen molar-refractivity contribution in [1.29, 1.82) is 0 Å². The van der Waals surface area contributed by atoms with Crippen molar-refractivity contribution in [3.8, 4) is 11.5 Å². The SMILES string of the molecule is COc1cccc(CN2CCNC(=O)[C@H]2CC(=O)N(C)C2CCCCC2)c1OC. The van der Waals surface area contributed by atoms with Crippen molar-refractivity contribution in [2.45, 2.75) is 57.2 Å². The number of para-hydroxylation sites is 1. The summed E-state index contributed by atoms with van der Waals surface area (Å²) in [4.78, 5) is 29.5. The fourth-order valence-electron chi connectivity index (χ4n) is 4.45. The molecule has 0 bridgehead atoms. The van der Waals surface area contributed by atoms with Gasteiger partial charge in [-0.3, -0.25) is 14.5 Å². The van der Waals surface area contributed by atoms with Gasteiger partial charge in [0.15, 0.2) is 11.5 Å². The number of carbonyl (C=O) groups is 2. The Morgan fingerprint density at radius 1 is 1.21 bits per heavy atom. The quantitative estimate of drug-likeness (QED) is 0.756. The number of nitrogens with one attached hydrogen (secondary N) is 1. The van der Waals surface area contributed by atoms with Gasteiger partial charge in [-0.15, -0.1) is 0 Å². The van der Waals surface area contributed by atoms with Crippen LogP contribution in [0.2, 0.25) is 0 Å². The molecule has 1 saturated heterocycles. The van der Waals surface area contributed by atoms with Gasteiger partial charge in [-0.1, -0.05) is 31.4 Å². The predicted octanol–water partition coefficient (Wildman–Crippen LogP) is 2.19. The molecule has 0 aromatic heterocycles. The largest absolute Gasteiger partial charge is 0.493 e. The lowest BCUT2D eigenvalue weighted by atomic mass is 9.94. The van der Waals surface area contributed by atoms with Crippen LogP contribution in [0.5, 0.6) is 11.5 Å². The smallest absolute Gasteiger partial charge is 0.237 e. The summed E-state index contributed by atoms with van der Waals surface area (Å²) in [5.74, 6) is 1.30. The Balaban J connectivity index is 1.72. The fraction of sp³-hybridized carbons (Fsp3) is 0.636. The summed E-state index contributed by atoms with van der Waals surface area (Å²) < 4.78 is 10.9. The summed E-state index contributed by atoms with van der Waals surface area (Å²) in [7, 11) is 5.11. The van der Waals surface area contributed by atoms with Gasteiger partial charge in [0, 0.05) is 38.3 Å². The number of amides is 2. The molecule has 1 N–H and O–H groups in total. The van der Waals surface area contributed by atoms with Crippen LogP contribution in [0.1, 0.15) is 44.1 Å². The maximum atomic E-state index is 13.0. The molecule has 1 aromatic carbocycles. The van der Waals surface area contributed by atoms with E-state index >= 15 is 0 Å². The third kappa shape index (κ3) is 5.01. The summed E-state index contributed by atoms with van der Waals surface area (Å²) in [5, 5.41) is 2.92. The Kier molecular flexibility index (Phi) is 7.36.